The maximum absolute atomic E-state index is 12.5. The van der Waals surface area contributed by atoms with E-state index >= 15 is 0 Å². The number of amides is 3. The summed E-state index contributed by atoms with van der Waals surface area (Å²) in [5, 5.41) is 2.24. The molecule has 1 unspecified atom stereocenters. The smallest absolute Gasteiger partial charge is 0.257 e. The number of hydrogen-bond donors (Lipinski definition) is 1. The zero-order valence-corrected chi connectivity index (χ0v) is 11.0. The van der Waals surface area contributed by atoms with E-state index < -0.39 is 11.9 Å². The second-order valence-electron chi connectivity index (χ2n) is 4.91. The molecule has 1 aromatic carbocycles. The Balaban J connectivity index is 1.94. The number of carbonyl (C=O) groups excluding carboxylic acids is 4. The number of nitrogens with zero attached hydrogens (tertiary/aromatic N) is 2. The molecule has 2 aliphatic heterocycles. The maximum atomic E-state index is 12.5. The molecule has 0 saturated carbocycles. The van der Waals surface area contributed by atoms with Crippen LogP contribution in [0.5, 0.6) is 0 Å². The number of isocyanates is 1. The number of benzene rings is 1. The Kier molecular flexibility index (Phi) is 3.12. The Morgan fingerprint density at radius 3 is 2.81 bits per heavy atom. The first kappa shape index (κ1) is 13.2. The third kappa shape index (κ3) is 2.13. The van der Waals surface area contributed by atoms with Crippen molar-refractivity contribution in [1.82, 2.24) is 10.2 Å². The van der Waals surface area contributed by atoms with Crippen LogP contribution >= 0.6 is 0 Å². The van der Waals surface area contributed by atoms with Crippen molar-refractivity contribution in [3.8, 4) is 0 Å². The second kappa shape index (κ2) is 4.96. The molecule has 0 aromatic heterocycles. The standard InChI is InChI=1S/C14H11N3O4/c18-7-15-9-3-1-2-8-6-17(14(21)12(8)9)10-4-5-11(19)16-13(10)20/h1-3,10H,4-6H2,(H,16,19,20). The average Bonchev–Trinajstić information content (AvgIpc) is 2.78. The van der Waals surface area contributed by atoms with Gasteiger partial charge in [-0.15, -0.1) is 0 Å². The SMILES string of the molecule is O=C=Nc1cccc2c1C(=O)N(C1CCC(=O)NC1=O)C2. The number of fused-ring (bicyclic) bond motifs is 1. The third-order valence-electron chi connectivity index (χ3n) is 3.70. The molecule has 106 valence electrons. The van der Waals surface area contributed by atoms with Crippen molar-refractivity contribution in [1.29, 1.82) is 0 Å². The van der Waals surface area contributed by atoms with Crippen LogP contribution in [0, 0.1) is 0 Å². The average molecular weight is 285 g/mol. The Hall–Kier alpha value is -2.79. The molecule has 0 spiro atoms. The van der Waals surface area contributed by atoms with Crippen LogP contribution in [0.2, 0.25) is 0 Å². The molecule has 1 atom stereocenters. The van der Waals surface area contributed by atoms with Gasteiger partial charge in [0.05, 0.1) is 11.3 Å². The molecule has 7 heteroatoms. The fraction of sp³-hybridized carbons (Fsp3) is 0.286. The van der Waals surface area contributed by atoms with Crippen LogP contribution in [0.4, 0.5) is 5.69 Å². The Morgan fingerprint density at radius 2 is 2.10 bits per heavy atom. The number of nitrogens with one attached hydrogen (secondary N) is 1. The molecule has 1 fully saturated rings. The van der Waals surface area contributed by atoms with Gasteiger partial charge in [-0.25, -0.2) is 4.79 Å². The van der Waals surface area contributed by atoms with E-state index in [1.807, 2.05) is 0 Å². The fourth-order valence-electron chi connectivity index (χ4n) is 2.74. The highest BCUT2D eigenvalue weighted by molar-refractivity contribution is 6.07. The van der Waals surface area contributed by atoms with Gasteiger partial charge in [0.1, 0.15) is 6.04 Å². The predicted molar refractivity (Wildman–Crippen MR) is 70.3 cm³/mol. The van der Waals surface area contributed by atoms with E-state index in [9.17, 15) is 19.2 Å². The van der Waals surface area contributed by atoms with Crippen LogP contribution < -0.4 is 5.32 Å². The van der Waals surface area contributed by atoms with Crippen molar-refractivity contribution in [2.45, 2.75) is 25.4 Å². The largest absolute Gasteiger partial charge is 0.322 e. The summed E-state index contributed by atoms with van der Waals surface area (Å²) >= 11 is 0. The highest BCUT2D eigenvalue weighted by Gasteiger charge is 2.40. The number of aliphatic imine (C=N–C) groups is 1. The fourth-order valence-corrected chi connectivity index (χ4v) is 2.74. The van der Waals surface area contributed by atoms with Crippen molar-refractivity contribution in [3.63, 3.8) is 0 Å². The van der Waals surface area contributed by atoms with Gasteiger partial charge in [0.25, 0.3) is 5.91 Å². The minimum Gasteiger partial charge on any atom is -0.322 e. The maximum Gasteiger partial charge on any atom is 0.257 e. The van der Waals surface area contributed by atoms with Crippen LogP contribution in [0.1, 0.15) is 28.8 Å². The van der Waals surface area contributed by atoms with E-state index in [-0.39, 0.29) is 30.5 Å². The minimum atomic E-state index is -0.671. The van der Waals surface area contributed by atoms with Crippen LogP contribution in [-0.4, -0.2) is 34.7 Å². The van der Waals surface area contributed by atoms with Gasteiger partial charge >= 0.3 is 0 Å². The second-order valence-corrected chi connectivity index (χ2v) is 4.91. The minimum absolute atomic E-state index is 0.204. The van der Waals surface area contributed by atoms with Gasteiger partial charge in [0.15, 0.2) is 0 Å². The van der Waals surface area contributed by atoms with Gasteiger partial charge < -0.3 is 4.90 Å². The van der Waals surface area contributed by atoms with E-state index in [1.165, 1.54) is 11.0 Å². The molecular formula is C14H11N3O4. The lowest BCUT2D eigenvalue weighted by molar-refractivity contribution is -0.136. The van der Waals surface area contributed by atoms with Crippen LogP contribution in [0.15, 0.2) is 23.2 Å². The first-order valence-corrected chi connectivity index (χ1v) is 6.46. The van der Waals surface area contributed by atoms with Crippen LogP contribution in [0.3, 0.4) is 0 Å². The Bertz CT molecular complexity index is 706. The summed E-state index contributed by atoms with van der Waals surface area (Å²) in [5.74, 6) is -1.14. The molecule has 2 aliphatic rings. The Morgan fingerprint density at radius 1 is 1.29 bits per heavy atom. The molecule has 7 nitrogen and oxygen atoms in total. The van der Waals surface area contributed by atoms with Crippen molar-refractivity contribution in [2.75, 3.05) is 0 Å². The number of hydrogen-bond acceptors (Lipinski definition) is 5. The molecule has 3 rings (SSSR count). The van der Waals surface area contributed by atoms with E-state index in [0.29, 0.717) is 17.5 Å². The molecule has 3 amide bonds. The molecule has 1 N–H and O–H groups in total. The summed E-state index contributed by atoms with van der Waals surface area (Å²) in [5.41, 5.74) is 1.29. The summed E-state index contributed by atoms with van der Waals surface area (Å²) in [6.07, 6.45) is 1.93. The van der Waals surface area contributed by atoms with Crippen molar-refractivity contribution in [3.05, 3.63) is 29.3 Å². The lowest BCUT2D eigenvalue weighted by atomic mass is 10.0. The molecule has 21 heavy (non-hydrogen) atoms. The van der Waals surface area contributed by atoms with Gasteiger partial charge in [-0.1, -0.05) is 12.1 Å². The van der Waals surface area contributed by atoms with Crippen molar-refractivity contribution in [2.24, 2.45) is 4.99 Å². The highest BCUT2D eigenvalue weighted by Crippen LogP contribution is 2.33. The first-order valence-electron chi connectivity index (χ1n) is 6.46. The molecule has 1 aromatic rings. The zero-order valence-electron chi connectivity index (χ0n) is 11.0. The highest BCUT2D eigenvalue weighted by atomic mass is 16.2. The predicted octanol–water partition coefficient (Wildman–Crippen LogP) is 0.415. The summed E-state index contributed by atoms with van der Waals surface area (Å²) in [6, 6.07) is 4.32. The summed E-state index contributed by atoms with van der Waals surface area (Å²) in [7, 11) is 0. The van der Waals surface area contributed by atoms with Crippen LogP contribution in [-0.2, 0) is 20.9 Å². The van der Waals surface area contributed by atoms with Gasteiger partial charge in [-0.3, -0.25) is 19.7 Å². The van der Waals surface area contributed by atoms with E-state index in [4.69, 9.17) is 0 Å². The van der Waals surface area contributed by atoms with Gasteiger partial charge in [0.2, 0.25) is 17.9 Å². The molecule has 0 bridgehead atoms. The van der Waals surface area contributed by atoms with E-state index in [1.54, 1.807) is 18.2 Å². The quantitative estimate of drug-likeness (QED) is 0.483. The molecule has 1 saturated heterocycles. The number of rotatable bonds is 2. The topological polar surface area (TPSA) is 95.9 Å². The number of piperidine rings is 1. The molecule has 0 radical (unpaired) electrons. The zero-order chi connectivity index (χ0) is 15.0. The van der Waals surface area contributed by atoms with E-state index in [2.05, 4.69) is 10.3 Å². The summed E-state index contributed by atoms with van der Waals surface area (Å²) in [6.45, 7) is 0.267. The normalized spacial score (nSPS) is 20.9. The van der Waals surface area contributed by atoms with Crippen LogP contribution in [0.25, 0.3) is 0 Å². The summed E-state index contributed by atoms with van der Waals surface area (Å²) in [4.78, 5) is 50.9. The lowest BCUT2D eigenvalue weighted by Crippen LogP contribution is -2.52. The monoisotopic (exact) mass is 285 g/mol. The number of carbonyl (C=O) groups is 3. The van der Waals surface area contributed by atoms with Gasteiger partial charge in [0, 0.05) is 13.0 Å². The van der Waals surface area contributed by atoms with Crippen molar-refractivity contribution < 1.29 is 19.2 Å². The first-order chi connectivity index (χ1) is 10.1. The Labute approximate surface area is 119 Å². The van der Waals surface area contributed by atoms with Gasteiger partial charge in [-0.2, -0.15) is 4.99 Å². The van der Waals surface area contributed by atoms with Crippen molar-refractivity contribution >= 4 is 29.5 Å². The van der Waals surface area contributed by atoms with E-state index in [0.717, 1.165) is 0 Å². The molecular weight excluding hydrogens is 274 g/mol. The molecule has 0 aliphatic carbocycles. The third-order valence-corrected chi connectivity index (χ3v) is 3.70. The lowest BCUT2D eigenvalue weighted by Gasteiger charge is -2.29. The molecule has 2 heterocycles. The summed E-state index contributed by atoms with van der Waals surface area (Å²) < 4.78 is 0. The number of imide groups is 1. The van der Waals surface area contributed by atoms with Gasteiger partial charge in [-0.05, 0) is 18.1 Å².